The van der Waals surface area contributed by atoms with E-state index in [4.69, 9.17) is 0 Å². The maximum Gasteiger partial charge on any atom is 0.191 e. The Labute approximate surface area is 146 Å². The second-order valence-corrected chi connectivity index (χ2v) is 9.89. The van der Waals surface area contributed by atoms with E-state index in [1.807, 2.05) is 41.5 Å². The molecular formula is C16H24N4OS2. The number of rotatable bonds is 3. The molecular weight excluding hydrogens is 328 g/mol. The van der Waals surface area contributed by atoms with Crippen molar-refractivity contribution in [1.82, 2.24) is 20.2 Å². The molecule has 7 heteroatoms. The topological polar surface area (TPSA) is 71.8 Å². The molecule has 2 rings (SSSR count). The fourth-order valence-corrected chi connectivity index (χ4v) is 3.76. The summed E-state index contributed by atoms with van der Waals surface area (Å²) in [5, 5.41) is 19.8. The quantitative estimate of drug-likeness (QED) is 0.825. The lowest BCUT2D eigenvalue weighted by Crippen LogP contribution is -2.21. The molecule has 0 unspecified atom stereocenters. The summed E-state index contributed by atoms with van der Waals surface area (Å²) >= 11 is 3.14. The van der Waals surface area contributed by atoms with Gasteiger partial charge >= 0.3 is 0 Å². The minimum atomic E-state index is -0.284. The van der Waals surface area contributed by atoms with Crippen molar-refractivity contribution >= 4 is 23.1 Å². The minimum absolute atomic E-state index is 0.182. The molecule has 0 aliphatic carbocycles. The van der Waals surface area contributed by atoms with E-state index in [0.29, 0.717) is 22.2 Å². The first kappa shape index (κ1) is 18.1. The van der Waals surface area contributed by atoms with Gasteiger partial charge < -0.3 is 5.11 Å². The van der Waals surface area contributed by atoms with Crippen LogP contribution >= 0.6 is 23.1 Å². The summed E-state index contributed by atoms with van der Waals surface area (Å²) in [6.07, 6.45) is 0. The molecule has 0 aliphatic heterocycles. The van der Waals surface area contributed by atoms with Gasteiger partial charge in [0, 0.05) is 10.8 Å². The van der Waals surface area contributed by atoms with Crippen LogP contribution in [-0.2, 0) is 10.8 Å². The van der Waals surface area contributed by atoms with Crippen molar-refractivity contribution in [2.24, 2.45) is 0 Å². The Kier molecular flexibility index (Phi) is 5.01. The van der Waals surface area contributed by atoms with Crippen molar-refractivity contribution in [3.8, 4) is 16.6 Å². The van der Waals surface area contributed by atoms with Gasteiger partial charge in [-0.25, -0.2) is 9.97 Å². The van der Waals surface area contributed by atoms with Crippen LogP contribution in [0.5, 0.6) is 5.75 Å². The minimum Gasteiger partial charge on any atom is -0.504 e. The lowest BCUT2D eigenvalue weighted by molar-refractivity contribution is 0.407. The van der Waals surface area contributed by atoms with Gasteiger partial charge in [-0.2, -0.15) is 0 Å². The number of thioether (sulfide) groups is 1. The third kappa shape index (κ3) is 4.01. The molecule has 0 saturated carbocycles. The van der Waals surface area contributed by atoms with Gasteiger partial charge in [0.2, 0.25) is 0 Å². The molecule has 0 aromatic carbocycles. The molecule has 2 aromatic rings. The second-order valence-electron chi connectivity index (χ2n) is 7.40. The van der Waals surface area contributed by atoms with Crippen LogP contribution in [0.2, 0.25) is 0 Å². The highest BCUT2D eigenvalue weighted by molar-refractivity contribution is 8.01. The van der Waals surface area contributed by atoms with Crippen molar-refractivity contribution in [2.75, 3.05) is 5.75 Å². The Balaban J connectivity index is 2.64. The summed E-state index contributed by atoms with van der Waals surface area (Å²) in [6.45, 7) is 14.3. The van der Waals surface area contributed by atoms with Gasteiger partial charge in [-0.3, -0.25) is 0 Å². The fourth-order valence-electron chi connectivity index (χ4n) is 2.08. The Morgan fingerprint density at radius 2 is 1.48 bits per heavy atom. The van der Waals surface area contributed by atoms with E-state index < -0.39 is 0 Å². The van der Waals surface area contributed by atoms with Crippen molar-refractivity contribution in [3.05, 3.63) is 11.4 Å². The largest absolute Gasteiger partial charge is 0.504 e. The standard InChI is InChI=1S/C16H24N4OS2/c1-8-22-14-20-19-13(23-14)12-17-10(15(2,3)4)9(21)11(18-12)16(5,6)7/h21H,8H2,1-7H3. The zero-order chi connectivity index (χ0) is 17.4. The number of hydrogen-bond acceptors (Lipinski definition) is 7. The van der Waals surface area contributed by atoms with Gasteiger partial charge in [-0.1, -0.05) is 71.6 Å². The number of hydrogen-bond donors (Lipinski definition) is 1. The molecule has 23 heavy (non-hydrogen) atoms. The van der Waals surface area contributed by atoms with E-state index in [-0.39, 0.29) is 16.6 Å². The SMILES string of the molecule is CCSc1nnc(-c2nc(C(C)(C)C)c(O)c(C(C)(C)C)n2)s1. The Morgan fingerprint density at radius 3 is 1.91 bits per heavy atom. The van der Waals surface area contributed by atoms with Gasteiger partial charge in [-0.15, -0.1) is 10.2 Å². The molecule has 0 spiro atoms. The van der Waals surface area contributed by atoms with Crippen LogP contribution in [0.4, 0.5) is 0 Å². The average Bonchev–Trinajstić information content (AvgIpc) is 2.85. The van der Waals surface area contributed by atoms with Crippen molar-refractivity contribution in [1.29, 1.82) is 0 Å². The van der Waals surface area contributed by atoms with Crippen LogP contribution in [-0.4, -0.2) is 31.0 Å². The molecule has 0 aliphatic rings. The summed E-state index contributed by atoms with van der Waals surface area (Å²) in [5.74, 6) is 1.67. The lowest BCUT2D eigenvalue weighted by Gasteiger charge is -2.25. The van der Waals surface area contributed by atoms with E-state index in [0.717, 1.165) is 10.1 Å². The molecule has 2 heterocycles. The molecule has 0 radical (unpaired) electrons. The normalized spacial score (nSPS) is 12.7. The van der Waals surface area contributed by atoms with Gasteiger partial charge in [0.1, 0.15) is 0 Å². The van der Waals surface area contributed by atoms with E-state index in [1.165, 1.54) is 11.3 Å². The smallest absolute Gasteiger partial charge is 0.191 e. The summed E-state index contributed by atoms with van der Waals surface area (Å²) in [4.78, 5) is 9.20. The van der Waals surface area contributed by atoms with Crippen LogP contribution in [0.1, 0.15) is 59.9 Å². The zero-order valence-corrected chi connectivity index (χ0v) is 16.4. The molecule has 1 N–H and O–H groups in total. The van der Waals surface area contributed by atoms with Crippen molar-refractivity contribution in [3.63, 3.8) is 0 Å². The van der Waals surface area contributed by atoms with Gasteiger partial charge in [-0.05, 0) is 5.75 Å². The molecule has 5 nitrogen and oxygen atoms in total. The molecule has 126 valence electrons. The molecule has 2 aromatic heterocycles. The van der Waals surface area contributed by atoms with Crippen LogP contribution < -0.4 is 0 Å². The summed E-state index contributed by atoms with van der Waals surface area (Å²) in [5.41, 5.74) is 0.723. The highest BCUT2D eigenvalue weighted by atomic mass is 32.2. The molecule has 0 atom stereocenters. The van der Waals surface area contributed by atoms with Gasteiger partial charge in [0.15, 0.2) is 20.9 Å². The summed E-state index contributed by atoms with van der Waals surface area (Å²) in [6, 6.07) is 0. The van der Waals surface area contributed by atoms with Crippen LogP contribution in [0, 0.1) is 0 Å². The third-order valence-electron chi connectivity index (χ3n) is 3.17. The van der Waals surface area contributed by atoms with E-state index in [9.17, 15) is 5.11 Å². The van der Waals surface area contributed by atoms with Crippen molar-refractivity contribution < 1.29 is 5.11 Å². The highest BCUT2D eigenvalue weighted by Crippen LogP contribution is 2.38. The van der Waals surface area contributed by atoms with Crippen molar-refractivity contribution in [2.45, 2.75) is 63.6 Å². The highest BCUT2D eigenvalue weighted by Gasteiger charge is 2.30. The molecule has 0 amide bonds. The Bertz CT molecular complexity index is 664. The Hall–Kier alpha value is -1.21. The third-order valence-corrected chi connectivity index (χ3v) is 5.11. The monoisotopic (exact) mass is 352 g/mol. The second kappa shape index (κ2) is 6.36. The number of nitrogens with zero attached hydrogens (tertiary/aromatic N) is 4. The molecule has 0 fully saturated rings. The fraction of sp³-hybridized carbons (Fsp3) is 0.625. The molecule has 0 saturated heterocycles. The van der Waals surface area contributed by atoms with Gasteiger partial charge in [0.25, 0.3) is 0 Å². The van der Waals surface area contributed by atoms with Crippen LogP contribution in [0.15, 0.2) is 4.34 Å². The Morgan fingerprint density at radius 1 is 0.957 bits per heavy atom. The molecule has 0 bridgehead atoms. The predicted molar refractivity (Wildman–Crippen MR) is 96.4 cm³/mol. The summed E-state index contributed by atoms with van der Waals surface area (Å²) in [7, 11) is 0. The summed E-state index contributed by atoms with van der Waals surface area (Å²) < 4.78 is 0.911. The lowest BCUT2D eigenvalue weighted by atomic mass is 9.85. The van der Waals surface area contributed by atoms with Crippen LogP contribution in [0.3, 0.4) is 0 Å². The van der Waals surface area contributed by atoms with E-state index >= 15 is 0 Å². The van der Waals surface area contributed by atoms with E-state index in [1.54, 1.807) is 11.8 Å². The first-order valence-electron chi connectivity index (χ1n) is 7.62. The van der Waals surface area contributed by atoms with E-state index in [2.05, 4.69) is 27.1 Å². The first-order chi connectivity index (χ1) is 10.5. The predicted octanol–water partition coefficient (Wildman–Crippen LogP) is 4.41. The maximum atomic E-state index is 10.7. The number of aromatic hydroxyl groups is 1. The first-order valence-corrected chi connectivity index (χ1v) is 9.43. The average molecular weight is 353 g/mol. The maximum absolute atomic E-state index is 10.7. The number of aromatic nitrogens is 4. The van der Waals surface area contributed by atoms with Gasteiger partial charge in [0.05, 0.1) is 11.4 Å². The van der Waals surface area contributed by atoms with Crippen LogP contribution in [0.25, 0.3) is 10.8 Å². The zero-order valence-electron chi connectivity index (χ0n) is 14.8.